The molecule has 29 heteroatoms. The number of nitrogens with zero attached hydrogens (tertiary/aromatic N) is 12. The van der Waals surface area contributed by atoms with Gasteiger partial charge in [0.15, 0.2) is 29.0 Å². The highest BCUT2D eigenvalue weighted by molar-refractivity contribution is 7.78. The maximum Gasteiger partial charge on any atom is 0.524 e. The molecule has 0 aliphatic heterocycles. The number of hydrogen-bond donors (Lipinski definition) is 8. The van der Waals surface area contributed by atoms with Crippen LogP contribution in [0.1, 0.15) is 160 Å². The van der Waals surface area contributed by atoms with Crippen LogP contribution in [0.3, 0.4) is 0 Å². The number of phosphoric ester groups is 1. The van der Waals surface area contributed by atoms with Gasteiger partial charge >= 0.3 is 7.82 Å². The number of anilines is 3. The summed E-state index contributed by atoms with van der Waals surface area (Å²) in [6.07, 6.45) is 16.4. The van der Waals surface area contributed by atoms with E-state index in [4.69, 9.17) is 50.9 Å². The van der Waals surface area contributed by atoms with E-state index in [1.165, 1.54) is 22.8 Å². The molecule has 12 aromatic rings. The monoisotopic (exact) mass is 1630 g/mol. The summed E-state index contributed by atoms with van der Waals surface area (Å²) in [6.45, 7) is 17.6. The third-order valence-electron chi connectivity index (χ3n) is 19.8. The van der Waals surface area contributed by atoms with Crippen LogP contribution in [-0.2, 0) is 76.9 Å². The van der Waals surface area contributed by atoms with Gasteiger partial charge in [-0.1, -0.05) is 94.6 Å². The van der Waals surface area contributed by atoms with Crippen LogP contribution < -0.4 is 21.7 Å². The Morgan fingerprint density at radius 2 is 0.791 bits per heavy atom. The maximum absolute atomic E-state index is 11.3. The van der Waals surface area contributed by atoms with E-state index in [0.717, 1.165) is 205 Å². The first kappa shape index (κ1) is 87.4. The molecule has 0 spiro atoms. The standard InChI is InChI=1S/C29H36N5O5PS.C29H35N5O2S.C28H33N5O3S/c1-3-4-8-26-33-27-28(34(26)18-22-10-12-25(20(2)16-22)39-40(35,36)37)23-17-21(9-11-24(23)32-29(27)30)7-5-14-38-15-6-13-31-19-41;1-3-4-8-26-33-27-28(34(26)18-22-10-12-25(35)20(2)16-22)23-17-21(9-11-24(23)32-29(27)30)7-5-14-36-15-6-13-31-19-37;1-2-3-10-24-32-25-26(33(24)17-20-8-4-9-23(34)27(20)35)21-16-19(11-12-22(21)31-28(25)29)7-5-14-36-15-6-13-30-18-37/h9-12,16-17H,3-8,13-15,18H2,1-2H3,(H2,30,32)(H2,35,36,37);9-12,16-17,35H,3-8,13-15,18H2,1-2H3,(H2,30,32);4,8-9,11-12,16,34-35H,2-3,5-7,10,13-15,17H2,1H3,(H2,29,31). The fraction of sp³-hybridized carbons (Fsp3) is 0.407. The van der Waals surface area contributed by atoms with E-state index >= 15 is 0 Å². The molecular weight excluding hydrogens is 1530 g/mol. The second kappa shape index (κ2) is 43.6. The predicted octanol–water partition coefficient (Wildman–Crippen LogP) is 17.2. The fourth-order valence-electron chi connectivity index (χ4n) is 14.0. The number of aromatic hydroxyl groups is 3. The molecule has 0 saturated carbocycles. The van der Waals surface area contributed by atoms with Crippen LogP contribution in [0.4, 0.5) is 17.5 Å². The quantitative estimate of drug-likeness (QED) is 0.00580. The first-order valence-electron chi connectivity index (χ1n) is 39.4. The van der Waals surface area contributed by atoms with Gasteiger partial charge in [-0.3, -0.25) is 9.79 Å². The Morgan fingerprint density at radius 1 is 0.426 bits per heavy atom. The van der Waals surface area contributed by atoms with Crippen molar-refractivity contribution < 1.29 is 48.4 Å². The zero-order valence-corrected chi connectivity index (χ0v) is 69.5. The van der Waals surface area contributed by atoms with Gasteiger partial charge in [-0.2, -0.15) is 0 Å². The predicted molar refractivity (Wildman–Crippen MR) is 469 cm³/mol. The van der Waals surface area contributed by atoms with Crippen LogP contribution in [0, 0.1) is 13.8 Å². The first-order valence-corrected chi connectivity index (χ1v) is 42.2. The average Bonchev–Trinajstić information content (AvgIpc) is 1.63. The SMILES string of the molecule is CCCCc1nc2c(N)nc3ccc(CCCOCCCN=C=S)cc3c2n1Cc1ccc(O)c(C)c1.CCCCc1nc2c(N)nc3ccc(CCCOCCCN=C=S)cc3c2n1Cc1ccc(OP(=O)(O)O)c(C)c1.CCCCc1nc2c(N)nc3ccc(CCCOCCCN=C=S)cc3c2n1Cc1cccc(O)c1O. The number of aromatic nitrogens is 9. The number of fused-ring (bicyclic) bond motifs is 9. The summed E-state index contributed by atoms with van der Waals surface area (Å²) >= 11 is 13.7. The lowest BCUT2D eigenvalue weighted by molar-refractivity contribution is 0.131. The van der Waals surface area contributed by atoms with Gasteiger partial charge in [-0.15, -0.1) is 0 Å². The number of nitrogen functional groups attached to an aromatic ring is 3. The minimum atomic E-state index is -4.65. The van der Waals surface area contributed by atoms with Gasteiger partial charge in [0.1, 0.15) is 45.5 Å². The molecule has 6 aromatic heterocycles. The largest absolute Gasteiger partial charge is 0.524 e. The summed E-state index contributed by atoms with van der Waals surface area (Å²) in [7, 11) is -4.65. The second-order valence-corrected chi connectivity index (χ2v) is 30.2. The Balaban J connectivity index is 0.000000183. The second-order valence-electron chi connectivity index (χ2n) is 28.5. The summed E-state index contributed by atoms with van der Waals surface area (Å²) in [5.74, 6) is 4.26. The van der Waals surface area contributed by atoms with Crippen molar-refractivity contribution in [1.29, 1.82) is 0 Å². The maximum atomic E-state index is 11.3. The van der Waals surface area contributed by atoms with E-state index in [1.807, 2.05) is 49.4 Å². The Morgan fingerprint density at radius 3 is 1.16 bits per heavy atom. The van der Waals surface area contributed by atoms with Crippen molar-refractivity contribution in [2.75, 3.05) is 76.5 Å². The normalized spacial score (nSPS) is 11.4. The number of phosphoric acid groups is 1. The van der Waals surface area contributed by atoms with E-state index in [1.54, 1.807) is 25.1 Å². The number of unbranched alkanes of at least 4 members (excludes halogenated alkanes) is 3. The van der Waals surface area contributed by atoms with E-state index in [9.17, 15) is 29.7 Å². The highest BCUT2D eigenvalue weighted by Gasteiger charge is 2.24. The van der Waals surface area contributed by atoms with Gasteiger partial charge in [-0.05, 0) is 221 Å². The van der Waals surface area contributed by atoms with Crippen molar-refractivity contribution in [2.24, 2.45) is 15.0 Å². The Hall–Kier alpha value is -10.0. The first-order chi connectivity index (χ1) is 55.7. The molecule has 0 radical (unpaired) electrons. The van der Waals surface area contributed by atoms with Crippen molar-refractivity contribution in [3.05, 3.63) is 171 Å². The molecule has 0 unspecified atom stereocenters. The number of phenols is 3. The summed E-state index contributed by atoms with van der Waals surface area (Å²) < 4.78 is 39.9. The third-order valence-corrected chi connectivity index (χ3v) is 20.6. The number of pyridine rings is 3. The van der Waals surface area contributed by atoms with Gasteiger partial charge in [0.05, 0.1) is 74.8 Å². The van der Waals surface area contributed by atoms with Gasteiger partial charge in [-0.25, -0.2) is 49.4 Å². The lowest BCUT2D eigenvalue weighted by Crippen LogP contribution is -2.07. The van der Waals surface area contributed by atoms with E-state index in [0.29, 0.717) is 124 Å². The lowest BCUT2D eigenvalue weighted by Gasteiger charge is -2.14. The van der Waals surface area contributed by atoms with Gasteiger partial charge in [0, 0.05) is 93.7 Å². The van der Waals surface area contributed by atoms with Crippen molar-refractivity contribution >= 4 is 143 Å². The number of isothiocyanates is 3. The molecule has 115 heavy (non-hydrogen) atoms. The molecular formula is C86H104N15O10PS3. The number of ether oxygens (including phenoxy) is 3. The van der Waals surface area contributed by atoms with E-state index in [2.05, 4.69) is 159 Å². The molecule has 0 saturated heterocycles. The molecule has 0 atom stereocenters. The topological polar surface area (TPSA) is 362 Å². The number of imidazole rings is 3. The van der Waals surface area contributed by atoms with Crippen molar-refractivity contribution in [3.63, 3.8) is 0 Å². The number of thiocarbonyl (C=S) groups is 3. The Kier molecular flexibility index (Phi) is 33.2. The minimum absolute atomic E-state index is 0.119. The van der Waals surface area contributed by atoms with Crippen LogP contribution >= 0.6 is 44.5 Å². The minimum Gasteiger partial charge on any atom is -0.508 e. The zero-order valence-electron chi connectivity index (χ0n) is 66.2. The molecule has 12 rings (SSSR count). The molecule has 0 amide bonds. The third kappa shape index (κ3) is 24.1. The van der Waals surface area contributed by atoms with Gasteiger partial charge in [0.25, 0.3) is 0 Å². The van der Waals surface area contributed by atoms with Gasteiger partial charge < -0.3 is 65.0 Å². The zero-order chi connectivity index (χ0) is 81.8. The molecule has 0 aliphatic carbocycles. The van der Waals surface area contributed by atoms with Crippen LogP contribution in [0.15, 0.2) is 124 Å². The molecule has 0 bridgehead atoms. The van der Waals surface area contributed by atoms with Crippen LogP contribution in [-0.4, -0.2) is 143 Å². The molecule has 0 aliphatic rings. The highest BCUT2D eigenvalue weighted by atomic mass is 32.1. The molecule has 606 valence electrons. The van der Waals surface area contributed by atoms with Crippen LogP contribution in [0.25, 0.3) is 65.8 Å². The molecule has 25 nitrogen and oxygen atoms in total. The molecule has 11 N–H and O–H groups in total. The number of para-hydroxylation sites is 1. The average molecular weight is 1640 g/mol. The van der Waals surface area contributed by atoms with Crippen molar-refractivity contribution in [3.8, 4) is 23.0 Å². The fourth-order valence-corrected chi connectivity index (χ4v) is 14.7. The lowest BCUT2D eigenvalue weighted by atomic mass is 10.1. The summed E-state index contributed by atoms with van der Waals surface area (Å²) in [5, 5.41) is 40.7. The van der Waals surface area contributed by atoms with Crippen molar-refractivity contribution in [1.82, 2.24) is 43.6 Å². The highest BCUT2D eigenvalue weighted by Crippen LogP contribution is 2.41. The number of aryl methyl sites for hydroxylation is 8. The number of benzene rings is 6. The summed E-state index contributed by atoms with van der Waals surface area (Å²) in [5.41, 5.74) is 34.4. The van der Waals surface area contributed by atoms with Crippen LogP contribution in [0.5, 0.6) is 23.0 Å². The van der Waals surface area contributed by atoms with E-state index < -0.39 is 7.82 Å². The number of phenolic OH excluding ortho intramolecular Hbond substituents is 3. The van der Waals surface area contributed by atoms with Crippen molar-refractivity contribution in [2.45, 2.75) is 170 Å². The smallest absolute Gasteiger partial charge is 0.508 e. The van der Waals surface area contributed by atoms with Crippen LogP contribution in [0.2, 0.25) is 0 Å². The molecule has 6 aromatic carbocycles. The number of aliphatic imine (C=N–C) groups is 3. The Bertz CT molecular complexity index is 5540. The van der Waals surface area contributed by atoms with Gasteiger partial charge in [0.2, 0.25) is 0 Å². The number of hydrogen-bond acceptors (Lipinski definition) is 23. The number of nitrogens with two attached hydrogens (primary N) is 3. The molecule has 6 heterocycles. The van der Waals surface area contributed by atoms with E-state index in [-0.39, 0.29) is 17.2 Å². The molecule has 0 fully saturated rings. The summed E-state index contributed by atoms with van der Waals surface area (Å²) in [6, 6.07) is 34.9. The number of rotatable bonds is 41. The summed E-state index contributed by atoms with van der Waals surface area (Å²) in [4.78, 5) is 58.9. The Labute approximate surface area is 686 Å².